The Morgan fingerprint density at radius 3 is 2.30 bits per heavy atom. The number of alkyl halides is 3. The van der Waals surface area contributed by atoms with E-state index in [-0.39, 0.29) is 18.0 Å². The van der Waals surface area contributed by atoms with Crippen LogP contribution in [0.1, 0.15) is 5.56 Å². The van der Waals surface area contributed by atoms with E-state index in [0.717, 1.165) is 16.7 Å². The lowest BCUT2D eigenvalue weighted by atomic mass is 10.1. The van der Waals surface area contributed by atoms with Crippen LogP contribution in [0.2, 0.25) is 0 Å². The second kappa shape index (κ2) is 7.96. The van der Waals surface area contributed by atoms with E-state index in [2.05, 4.69) is 10.2 Å². The number of halogens is 4. The number of nitrogens with one attached hydrogen (secondary N) is 2. The summed E-state index contributed by atoms with van der Waals surface area (Å²) in [4.78, 5) is 15.3. The highest BCUT2D eigenvalue weighted by molar-refractivity contribution is 5.92. The molecule has 8 heteroatoms. The molecule has 2 aromatic rings. The lowest BCUT2D eigenvalue weighted by Gasteiger charge is -2.33. The molecule has 0 unspecified atom stereocenters. The van der Waals surface area contributed by atoms with Gasteiger partial charge in [0, 0.05) is 5.69 Å². The van der Waals surface area contributed by atoms with E-state index in [1.807, 2.05) is 0 Å². The summed E-state index contributed by atoms with van der Waals surface area (Å²) in [5.74, 6) is -0.740. The van der Waals surface area contributed by atoms with Gasteiger partial charge in [0.1, 0.15) is 5.82 Å². The van der Waals surface area contributed by atoms with Crippen molar-refractivity contribution < 1.29 is 27.3 Å². The highest BCUT2D eigenvalue weighted by Gasteiger charge is 2.34. The van der Waals surface area contributed by atoms with Crippen LogP contribution < -0.4 is 15.1 Å². The number of para-hydroxylation sites is 1. The summed E-state index contributed by atoms with van der Waals surface area (Å²) in [6.07, 6.45) is -4.52. The van der Waals surface area contributed by atoms with Crippen LogP contribution in [0.4, 0.5) is 28.9 Å². The van der Waals surface area contributed by atoms with Gasteiger partial charge in [0.2, 0.25) is 0 Å². The van der Waals surface area contributed by atoms with Crippen molar-refractivity contribution in [2.24, 2.45) is 0 Å². The highest BCUT2D eigenvalue weighted by Crippen LogP contribution is 2.34. The molecule has 1 heterocycles. The fourth-order valence-corrected chi connectivity index (χ4v) is 3.17. The van der Waals surface area contributed by atoms with Crippen LogP contribution >= 0.6 is 0 Å². The van der Waals surface area contributed by atoms with Gasteiger partial charge in [-0.1, -0.05) is 12.1 Å². The molecule has 0 atom stereocenters. The zero-order valence-electron chi connectivity index (χ0n) is 14.5. The highest BCUT2D eigenvalue weighted by atomic mass is 19.4. The zero-order valence-corrected chi connectivity index (χ0v) is 14.5. The van der Waals surface area contributed by atoms with Crippen molar-refractivity contribution in [3.05, 3.63) is 59.9 Å². The van der Waals surface area contributed by atoms with Crippen molar-refractivity contribution in [1.82, 2.24) is 0 Å². The third kappa shape index (κ3) is 4.97. The molecule has 0 bridgehead atoms. The van der Waals surface area contributed by atoms with E-state index in [4.69, 9.17) is 0 Å². The van der Waals surface area contributed by atoms with Gasteiger partial charge in [0.15, 0.2) is 6.54 Å². The Labute approximate surface area is 154 Å². The van der Waals surface area contributed by atoms with Crippen LogP contribution in [0.25, 0.3) is 0 Å². The van der Waals surface area contributed by atoms with Crippen LogP contribution in [0, 0.1) is 5.82 Å². The van der Waals surface area contributed by atoms with E-state index < -0.39 is 17.6 Å². The third-order valence-electron chi connectivity index (χ3n) is 4.58. The van der Waals surface area contributed by atoms with Gasteiger partial charge < -0.3 is 15.1 Å². The second-order valence-corrected chi connectivity index (χ2v) is 6.48. The van der Waals surface area contributed by atoms with Crippen LogP contribution in [0.5, 0.6) is 0 Å². The number of benzene rings is 2. The SMILES string of the molecule is O=C(C[NH+]1CCN(c2ccc(F)cc2)CC1)Nc1ccccc1C(F)(F)F. The summed E-state index contributed by atoms with van der Waals surface area (Å²) in [6.45, 7) is 2.82. The quantitative estimate of drug-likeness (QED) is 0.796. The Morgan fingerprint density at radius 2 is 1.67 bits per heavy atom. The number of hydrogen-bond donors (Lipinski definition) is 2. The summed E-state index contributed by atoms with van der Waals surface area (Å²) in [6, 6.07) is 11.2. The van der Waals surface area contributed by atoms with E-state index in [1.54, 1.807) is 12.1 Å². The molecule has 0 aliphatic carbocycles. The second-order valence-electron chi connectivity index (χ2n) is 6.48. The molecule has 1 aliphatic rings. The summed E-state index contributed by atoms with van der Waals surface area (Å²) >= 11 is 0. The van der Waals surface area contributed by atoms with Gasteiger partial charge in [-0.25, -0.2) is 4.39 Å². The number of carbonyl (C=O) groups is 1. The van der Waals surface area contributed by atoms with Crippen molar-refractivity contribution >= 4 is 17.3 Å². The molecule has 1 fully saturated rings. The van der Waals surface area contributed by atoms with Gasteiger partial charge in [-0.2, -0.15) is 13.2 Å². The lowest BCUT2D eigenvalue weighted by Crippen LogP contribution is -3.15. The Morgan fingerprint density at radius 1 is 1.04 bits per heavy atom. The molecule has 0 spiro atoms. The molecule has 1 saturated heterocycles. The predicted octanol–water partition coefficient (Wildman–Crippen LogP) is 2.19. The minimum Gasteiger partial charge on any atom is -0.360 e. The van der Waals surface area contributed by atoms with Crippen LogP contribution in [-0.4, -0.2) is 38.6 Å². The molecule has 1 amide bonds. The summed E-state index contributed by atoms with van der Waals surface area (Å²) in [7, 11) is 0. The lowest BCUT2D eigenvalue weighted by molar-refractivity contribution is -0.892. The van der Waals surface area contributed by atoms with Gasteiger partial charge in [-0.05, 0) is 36.4 Å². The van der Waals surface area contributed by atoms with E-state index in [1.165, 1.54) is 30.3 Å². The first-order valence-electron chi connectivity index (χ1n) is 8.63. The minimum absolute atomic E-state index is 0.101. The number of amides is 1. The Bertz CT molecular complexity index is 784. The predicted molar refractivity (Wildman–Crippen MR) is 94.3 cm³/mol. The Hall–Kier alpha value is -2.61. The van der Waals surface area contributed by atoms with E-state index in [0.29, 0.717) is 26.2 Å². The largest absolute Gasteiger partial charge is 0.418 e. The number of anilines is 2. The molecule has 144 valence electrons. The van der Waals surface area contributed by atoms with Gasteiger partial charge in [0.25, 0.3) is 5.91 Å². The molecule has 0 radical (unpaired) electrons. The fraction of sp³-hybridized carbons (Fsp3) is 0.316. The molecule has 0 aromatic heterocycles. The molecule has 1 aliphatic heterocycles. The summed E-state index contributed by atoms with van der Waals surface area (Å²) < 4.78 is 52.0. The van der Waals surface area contributed by atoms with Crippen LogP contribution in [-0.2, 0) is 11.0 Å². The zero-order chi connectivity index (χ0) is 19.4. The Balaban J connectivity index is 1.54. The number of nitrogens with zero attached hydrogens (tertiary/aromatic N) is 1. The molecule has 3 rings (SSSR count). The van der Waals surface area contributed by atoms with Crippen molar-refractivity contribution in [3.8, 4) is 0 Å². The smallest absolute Gasteiger partial charge is 0.360 e. The maximum absolute atomic E-state index is 13.0. The molecule has 27 heavy (non-hydrogen) atoms. The standard InChI is InChI=1S/C19H19F4N3O/c20-14-5-7-15(8-6-14)26-11-9-25(10-12-26)13-18(27)24-17-4-2-1-3-16(17)19(21,22)23/h1-8H,9-13H2,(H,24,27)/p+1. The molecule has 2 N–H and O–H groups in total. The first-order chi connectivity index (χ1) is 12.8. The van der Waals surface area contributed by atoms with Gasteiger partial charge in [-0.3, -0.25) is 4.79 Å². The fourth-order valence-electron chi connectivity index (χ4n) is 3.17. The average Bonchev–Trinajstić information content (AvgIpc) is 2.62. The number of carbonyl (C=O) groups excluding carboxylic acids is 1. The van der Waals surface area contributed by atoms with Crippen molar-refractivity contribution in [1.29, 1.82) is 0 Å². The van der Waals surface area contributed by atoms with Crippen LogP contribution in [0.15, 0.2) is 48.5 Å². The average molecular weight is 382 g/mol. The monoisotopic (exact) mass is 382 g/mol. The summed E-state index contributed by atoms with van der Waals surface area (Å²) in [5.41, 5.74) is -0.159. The molecule has 0 saturated carbocycles. The summed E-state index contributed by atoms with van der Waals surface area (Å²) in [5, 5.41) is 2.38. The Kier molecular flexibility index (Phi) is 5.65. The van der Waals surface area contributed by atoms with Crippen molar-refractivity contribution in [2.45, 2.75) is 6.18 Å². The number of rotatable bonds is 4. The van der Waals surface area contributed by atoms with Gasteiger partial charge in [0.05, 0.1) is 37.4 Å². The normalized spacial score (nSPS) is 15.6. The first kappa shape index (κ1) is 19.2. The minimum atomic E-state index is -4.52. The van der Waals surface area contributed by atoms with E-state index >= 15 is 0 Å². The number of hydrogen-bond acceptors (Lipinski definition) is 2. The molecular formula is C19H20F4N3O+. The van der Waals surface area contributed by atoms with Crippen LogP contribution in [0.3, 0.4) is 0 Å². The van der Waals surface area contributed by atoms with Gasteiger partial charge >= 0.3 is 6.18 Å². The van der Waals surface area contributed by atoms with Crippen molar-refractivity contribution in [2.75, 3.05) is 42.9 Å². The number of quaternary nitrogens is 1. The van der Waals surface area contributed by atoms with Crippen molar-refractivity contribution in [3.63, 3.8) is 0 Å². The number of piperazine rings is 1. The topological polar surface area (TPSA) is 36.8 Å². The molecule has 2 aromatic carbocycles. The molecule has 4 nitrogen and oxygen atoms in total. The van der Waals surface area contributed by atoms with E-state index in [9.17, 15) is 22.4 Å². The first-order valence-corrected chi connectivity index (χ1v) is 8.63. The maximum Gasteiger partial charge on any atom is 0.418 e. The maximum atomic E-state index is 13.0. The molecular weight excluding hydrogens is 362 g/mol. The van der Waals surface area contributed by atoms with Gasteiger partial charge in [-0.15, -0.1) is 0 Å². The third-order valence-corrected chi connectivity index (χ3v) is 4.58.